The Morgan fingerprint density at radius 2 is 1.97 bits per heavy atom. The summed E-state index contributed by atoms with van der Waals surface area (Å²) in [7, 11) is 0. The summed E-state index contributed by atoms with van der Waals surface area (Å²) in [4.78, 5) is 22.4. The molecule has 0 bridgehead atoms. The molecule has 0 spiro atoms. The molecule has 1 fully saturated rings. The summed E-state index contributed by atoms with van der Waals surface area (Å²) in [6.07, 6.45) is 6.25. The van der Waals surface area contributed by atoms with Gasteiger partial charge in [0.2, 0.25) is 17.6 Å². The van der Waals surface area contributed by atoms with Crippen LogP contribution in [0.3, 0.4) is 0 Å². The summed E-state index contributed by atoms with van der Waals surface area (Å²) in [5.41, 5.74) is 2.43. The highest BCUT2D eigenvalue weighted by atomic mass is 19.1. The minimum Gasteiger partial charge on any atom is -0.337 e. The Labute approximate surface area is 191 Å². The highest BCUT2D eigenvalue weighted by Crippen LogP contribution is 2.34. The fourth-order valence-electron chi connectivity index (χ4n) is 4.20. The summed E-state index contributed by atoms with van der Waals surface area (Å²) in [6.45, 7) is 0.936. The maximum absolute atomic E-state index is 14.4. The van der Waals surface area contributed by atoms with Crippen molar-refractivity contribution in [3.05, 3.63) is 66.4 Å². The molecule has 1 N–H and O–H groups in total. The first-order valence-corrected chi connectivity index (χ1v) is 10.6. The molecule has 0 aliphatic carbocycles. The number of halogens is 2. The first-order chi connectivity index (χ1) is 16.6. The molecule has 4 aromatic heterocycles. The maximum Gasteiger partial charge on any atom is 0.246 e. The molecule has 0 radical (unpaired) electrons. The van der Waals surface area contributed by atoms with Crippen LogP contribution in [0.2, 0.25) is 0 Å². The number of amides is 1. The monoisotopic (exact) mass is 461 g/mol. The molecule has 1 amide bonds. The molecule has 1 aromatic carbocycles. The number of carbonyl (C=O) groups is 1. The molecule has 5 heterocycles. The quantitative estimate of drug-likeness (QED) is 0.426. The Kier molecular flexibility index (Phi) is 4.68. The zero-order chi connectivity index (χ0) is 23.2. The zero-order valence-electron chi connectivity index (χ0n) is 17.7. The van der Waals surface area contributed by atoms with E-state index in [2.05, 4.69) is 25.3 Å². The second-order valence-corrected chi connectivity index (χ2v) is 7.98. The molecule has 5 aromatic rings. The third-order valence-corrected chi connectivity index (χ3v) is 5.86. The van der Waals surface area contributed by atoms with Gasteiger partial charge in [-0.25, -0.2) is 13.8 Å². The first-order valence-electron chi connectivity index (χ1n) is 10.6. The van der Waals surface area contributed by atoms with Crippen molar-refractivity contribution >= 4 is 11.6 Å². The number of hydrogen-bond acceptors (Lipinski definition) is 6. The average Bonchev–Trinajstić information content (AvgIpc) is 3.61. The standard InChI is InChI=1S/C23H17F2N7O2/c24-15-3-1-4-16(25)21(15)22-14(9-27-29-22)13-6-7-18-26-10-17(32(18)11-13)23-28-19(34-30-23)12-31-8-2-5-20(31)33/h1,3-4,6-7,9-11H,2,5,8,12H2,(H,27,29). The van der Waals surface area contributed by atoms with Gasteiger partial charge in [-0.1, -0.05) is 11.2 Å². The molecule has 0 saturated carbocycles. The van der Waals surface area contributed by atoms with Gasteiger partial charge < -0.3 is 9.42 Å². The van der Waals surface area contributed by atoms with E-state index in [-0.39, 0.29) is 23.7 Å². The van der Waals surface area contributed by atoms with Gasteiger partial charge in [0, 0.05) is 30.3 Å². The third kappa shape index (κ3) is 3.33. The fourth-order valence-corrected chi connectivity index (χ4v) is 4.20. The van der Waals surface area contributed by atoms with Crippen LogP contribution < -0.4 is 0 Å². The van der Waals surface area contributed by atoms with Crippen LogP contribution in [0, 0.1) is 11.6 Å². The molecule has 9 nitrogen and oxygen atoms in total. The van der Waals surface area contributed by atoms with Crippen LogP contribution in [0.15, 0.2) is 53.4 Å². The number of imidazole rings is 1. The minimum absolute atomic E-state index is 0.0707. The van der Waals surface area contributed by atoms with Crippen molar-refractivity contribution in [2.45, 2.75) is 19.4 Å². The number of nitrogens with zero attached hydrogens (tertiary/aromatic N) is 6. The second-order valence-electron chi connectivity index (χ2n) is 7.98. The van der Waals surface area contributed by atoms with Crippen molar-refractivity contribution in [3.63, 3.8) is 0 Å². The van der Waals surface area contributed by atoms with E-state index in [9.17, 15) is 13.6 Å². The number of aromatic nitrogens is 6. The summed E-state index contributed by atoms with van der Waals surface area (Å²) in [6, 6.07) is 7.28. The summed E-state index contributed by atoms with van der Waals surface area (Å²) in [5.74, 6) is -0.653. The van der Waals surface area contributed by atoms with Crippen molar-refractivity contribution in [2.75, 3.05) is 6.54 Å². The molecule has 6 rings (SSSR count). The SMILES string of the molecule is O=C1CCCN1Cc1nc(-c2cnc3ccc(-c4cn[nH]c4-c4c(F)cccc4F)cn23)no1. The van der Waals surface area contributed by atoms with E-state index in [4.69, 9.17) is 4.52 Å². The highest BCUT2D eigenvalue weighted by Gasteiger charge is 2.23. The lowest BCUT2D eigenvalue weighted by Gasteiger charge is -2.11. The summed E-state index contributed by atoms with van der Waals surface area (Å²) < 4.78 is 36.0. The highest BCUT2D eigenvalue weighted by molar-refractivity contribution is 5.81. The lowest BCUT2D eigenvalue weighted by Crippen LogP contribution is -2.23. The Balaban J connectivity index is 1.38. The Hall–Kier alpha value is -4.41. The van der Waals surface area contributed by atoms with Crippen LogP contribution >= 0.6 is 0 Å². The molecular weight excluding hydrogens is 444 g/mol. The van der Waals surface area contributed by atoms with Gasteiger partial charge in [0.25, 0.3) is 0 Å². The van der Waals surface area contributed by atoms with Crippen LogP contribution in [0.25, 0.3) is 39.5 Å². The smallest absolute Gasteiger partial charge is 0.246 e. The number of rotatable bonds is 5. The van der Waals surface area contributed by atoms with E-state index in [0.717, 1.165) is 6.42 Å². The van der Waals surface area contributed by atoms with E-state index >= 15 is 0 Å². The van der Waals surface area contributed by atoms with E-state index in [1.165, 1.54) is 24.4 Å². The largest absolute Gasteiger partial charge is 0.337 e. The third-order valence-electron chi connectivity index (χ3n) is 5.86. The van der Waals surface area contributed by atoms with Crippen LogP contribution in [0.1, 0.15) is 18.7 Å². The van der Waals surface area contributed by atoms with Gasteiger partial charge in [-0.15, -0.1) is 0 Å². The lowest BCUT2D eigenvalue weighted by molar-refractivity contribution is -0.128. The number of benzene rings is 1. The molecule has 1 saturated heterocycles. The number of aromatic amines is 1. The second kappa shape index (κ2) is 7.87. The molecule has 170 valence electrons. The Bertz CT molecular complexity index is 1520. The number of carbonyl (C=O) groups excluding carboxylic acids is 1. The number of H-pyrrole nitrogens is 1. The van der Waals surface area contributed by atoms with Crippen LogP contribution in [-0.2, 0) is 11.3 Å². The summed E-state index contributed by atoms with van der Waals surface area (Å²) in [5, 5.41) is 10.8. The summed E-state index contributed by atoms with van der Waals surface area (Å²) >= 11 is 0. The van der Waals surface area contributed by atoms with Crippen molar-refractivity contribution in [2.24, 2.45) is 0 Å². The predicted molar refractivity (Wildman–Crippen MR) is 116 cm³/mol. The molecule has 0 unspecified atom stereocenters. The fraction of sp³-hybridized carbons (Fsp3) is 0.174. The normalized spacial score (nSPS) is 13.9. The van der Waals surface area contributed by atoms with E-state index in [0.29, 0.717) is 47.1 Å². The van der Waals surface area contributed by atoms with Gasteiger partial charge in [-0.3, -0.25) is 14.3 Å². The van der Waals surface area contributed by atoms with E-state index in [1.807, 2.05) is 0 Å². The van der Waals surface area contributed by atoms with Gasteiger partial charge in [-0.05, 0) is 30.7 Å². The number of fused-ring (bicyclic) bond motifs is 1. The van der Waals surface area contributed by atoms with Gasteiger partial charge in [0.05, 0.1) is 30.2 Å². The molecule has 0 atom stereocenters. The Morgan fingerprint density at radius 3 is 2.76 bits per heavy atom. The molecular formula is C23H17F2N7O2. The molecule has 1 aliphatic rings. The Morgan fingerprint density at radius 1 is 1.12 bits per heavy atom. The molecule has 1 aliphatic heterocycles. The van der Waals surface area contributed by atoms with Crippen LogP contribution in [0.4, 0.5) is 8.78 Å². The van der Waals surface area contributed by atoms with Gasteiger partial charge in [-0.2, -0.15) is 10.1 Å². The molecule has 34 heavy (non-hydrogen) atoms. The average molecular weight is 461 g/mol. The number of likely N-dealkylation sites (tertiary alicyclic amines) is 1. The van der Waals surface area contributed by atoms with Gasteiger partial charge >= 0.3 is 0 Å². The predicted octanol–water partition coefficient (Wildman–Crippen LogP) is 3.84. The topological polar surface area (TPSA) is 105 Å². The van der Waals surface area contributed by atoms with Crippen molar-refractivity contribution in [1.82, 2.24) is 34.6 Å². The van der Waals surface area contributed by atoms with Gasteiger partial charge in [0.1, 0.15) is 23.0 Å². The first kappa shape index (κ1) is 20.2. The van der Waals surface area contributed by atoms with Crippen molar-refractivity contribution < 1.29 is 18.1 Å². The van der Waals surface area contributed by atoms with Crippen LogP contribution in [0.5, 0.6) is 0 Å². The number of hydrogen-bond donors (Lipinski definition) is 1. The van der Waals surface area contributed by atoms with E-state index < -0.39 is 11.6 Å². The molecule has 11 heteroatoms. The number of nitrogens with one attached hydrogen (secondary N) is 1. The lowest BCUT2D eigenvalue weighted by atomic mass is 10.0. The van der Waals surface area contributed by atoms with E-state index in [1.54, 1.807) is 33.8 Å². The minimum atomic E-state index is -0.689. The maximum atomic E-state index is 14.4. The van der Waals surface area contributed by atoms with Crippen LogP contribution in [-0.4, -0.2) is 47.1 Å². The van der Waals surface area contributed by atoms with Gasteiger partial charge in [0.15, 0.2) is 0 Å². The van der Waals surface area contributed by atoms with Crippen molar-refractivity contribution in [3.8, 4) is 33.9 Å². The number of pyridine rings is 1. The zero-order valence-corrected chi connectivity index (χ0v) is 17.7. The van der Waals surface area contributed by atoms with Crippen molar-refractivity contribution in [1.29, 1.82) is 0 Å².